The third-order valence-corrected chi connectivity index (χ3v) is 2.43. The molecular weight excluding hydrogens is 234 g/mol. The van der Waals surface area contributed by atoms with Gasteiger partial charge in [0.15, 0.2) is 0 Å². The van der Waals surface area contributed by atoms with E-state index in [4.69, 9.17) is 4.74 Å². The van der Waals surface area contributed by atoms with Gasteiger partial charge in [-0.1, -0.05) is 13.0 Å². The van der Waals surface area contributed by atoms with E-state index >= 15 is 0 Å². The molecule has 1 aromatic rings. The summed E-state index contributed by atoms with van der Waals surface area (Å²) in [6.45, 7) is 4.10. The summed E-state index contributed by atoms with van der Waals surface area (Å²) in [5, 5.41) is 13.5. The molecule has 0 fully saturated rings. The summed E-state index contributed by atoms with van der Waals surface area (Å²) in [5.74, 6) is -1.47. The minimum absolute atomic E-state index is 0.0137. The van der Waals surface area contributed by atoms with E-state index in [1.165, 1.54) is 12.1 Å². The maximum Gasteiger partial charge on any atom is 0.250 e. The third-order valence-electron chi connectivity index (χ3n) is 2.43. The lowest BCUT2D eigenvalue weighted by Gasteiger charge is -2.12. The lowest BCUT2D eigenvalue weighted by atomic mass is 10.0. The molecule has 1 amide bonds. The zero-order valence-corrected chi connectivity index (χ0v) is 10.5. The molecule has 5 heteroatoms. The van der Waals surface area contributed by atoms with E-state index in [2.05, 4.69) is 5.32 Å². The fourth-order valence-corrected chi connectivity index (χ4v) is 1.55. The molecule has 0 saturated heterocycles. The largest absolute Gasteiger partial charge is 0.545 e. The van der Waals surface area contributed by atoms with Gasteiger partial charge in [-0.05, 0) is 31.0 Å². The van der Waals surface area contributed by atoms with Crippen molar-refractivity contribution in [2.75, 3.05) is 18.5 Å². The smallest absolute Gasteiger partial charge is 0.250 e. The normalized spacial score (nSPS) is 10.1. The molecule has 0 aliphatic carbocycles. The number of hydrogen-bond acceptors (Lipinski definition) is 4. The standard InChI is InChI=1S/C13H17NO4/c1-3-9-7-10(5-6-11(9)13(16)17)14-12(15)8-18-4-2/h5-7H,3-4,8H2,1-2H3,(H,14,15)(H,16,17)/p-1. The van der Waals surface area contributed by atoms with Gasteiger partial charge < -0.3 is 20.0 Å². The van der Waals surface area contributed by atoms with Crippen molar-refractivity contribution in [1.29, 1.82) is 0 Å². The van der Waals surface area contributed by atoms with Crippen molar-refractivity contribution < 1.29 is 19.4 Å². The summed E-state index contributed by atoms with van der Waals surface area (Å²) in [5.41, 5.74) is 1.34. The molecule has 0 saturated carbocycles. The summed E-state index contributed by atoms with van der Waals surface area (Å²) in [4.78, 5) is 22.3. The topological polar surface area (TPSA) is 78.5 Å². The van der Waals surface area contributed by atoms with Crippen LogP contribution < -0.4 is 10.4 Å². The van der Waals surface area contributed by atoms with Crippen LogP contribution in [0.1, 0.15) is 29.8 Å². The van der Waals surface area contributed by atoms with E-state index in [0.717, 1.165) is 0 Å². The first kappa shape index (κ1) is 14.2. The van der Waals surface area contributed by atoms with E-state index in [1.54, 1.807) is 13.0 Å². The Morgan fingerprint density at radius 2 is 2.06 bits per heavy atom. The molecule has 18 heavy (non-hydrogen) atoms. The summed E-state index contributed by atoms with van der Waals surface area (Å²) < 4.78 is 4.97. The maximum absolute atomic E-state index is 11.4. The summed E-state index contributed by atoms with van der Waals surface area (Å²) >= 11 is 0. The van der Waals surface area contributed by atoms with Crippen LogP contribution in [0.25, 0.3) is 0 Å². The highest BCUT2D eigenvalue weighted by Gasteiger charge is 2.06. The van der Waals surface area contributed by atoms with Crippen LogP contribution >= 0.6 is 0 Å². The molecule has 5 nitrogen and oxygen atoms in total. The van der Waals surface area contributed by atoms with Crippen LogP contribution in [0, 0.1) is 0 Å². The number of aryl methyl sites for hydroxylation is 1. The van der Waals surface area contributed by atoms with Gasteiger partial charge >= 0.3 is 0 Å². The predicted molar refractivity (Wildman–Crippen MR) is 65.3 cm³/mol. The van der Waals surface area contributed by atoms with Crippen LogP contribution in [-0.4, -0.2) is 25.1 Å². The highest BCUT2D eigenvalue weighted by Crippen LogP contribution is 2.16. The van der Waals surface area contributed by atoms with Crippen LogP contribution in [0.5, 0.6) is 0 Å². The molecule has 0 radical (unpaired) electrons. The first-order valence-corrected chi connectivity index (χ1v) is 5.80. The van der Waals surface area contributed by atoms with Crippen LogP contribution in [0.3, 0.4) is 0 Å². The number of carbonyl (C=O) groups is 2. The van der Waals surface area contributed by atoms with Crippen molar-refractivity contribution in [1.82, 2.24) is 0 Å². The summed E-state index contributed by atoms with van der Waals surface area (Å²) in [6, 6.07) is 4.60. The Bertz CT molecular complexity index is 443. The first-order valence-electron chi connectivity index (χ1n) is 5.80. The second-order valence-corrected chi connectivity index (χ2v) is 3.70. The third kappa shape index (κ3) is 3.85. The SMILES string of the molecule is CCOCC(=O)Nc1ccc(C(=O)[O-])c(CC)c1. The van der Waals surface area contributed by atoms with Gasteiger partial charge in [0.05, 0.1) is 5.97 Å². The number of aromatic carboxylic acids is 1. The van der Waals surface area contributed by atoms with Crippen LogP contribution in [0.2, 0.25) is 0 Å². The van der Waals surface area contributed by atoms with Crippen molar-refractivity contribution in [2.24, 2.45) is 0 Å². The van der Waals surface area contributed by atoms with Crippen molar-refractivity contribution in [3.63, 3.8) is 0 Å². The van der Waals surface area contributed by atoms with Crippen LogP contribution in [0.15, 0.2) is 18.2 Å². The molecule has 0 heterocycles. The Kier molecular flexibility index (Phi) is 5.32. The van der Waals surface area contributed by atoms with Gasteiger partial charge in [0.25, 0.3) is 0 Å². The lowest BCUT2D eigenvalue weighted by molar-refractivity contribution is -0.255. The second-order valence-electron chi connectivity index (χ2n) is 3.70. The minimum atomic E-state index is -1.21. The first-order chi connectivity index (χ1) is 8.58. The molecule has 1 N–H and O–H groups in total. The highest BCUT2D eigenvalue weighted by molar-refractivity contribution is 5.93. The number of carbonyl (C=O) groups excluding carboxylic acids is 2. The van der Waals surface area contributed by atoms with Crippen molar-refractivity contribution >= 4 is 17.6 Å². The van der Waals surface area contributed by atoms with Gasteiger partial charge in [-0.25, -0.2) is 0 Å². The molecule has 0 aliphatic rings. The minimum Gasteiger partial charge on any atom is -0.545 e. The number of nitrogens with one attached hydrogen (secondary N) is 1. The number of carboxylic acids is 1. The number of anilines is 1. The molecule has 0 aliphatic heterocycles. The fraction of sp³-hybridized carbons (Fsp3) is 0.385. The second kappa shape index (κ2) is 6.76. The average Bonchev–Trinajstić information content (AvgIpc) is 2.35. The quantitative estimate of drug-likeness (QED) is 0.801. The molecule has 0 aromatic heterocycles. The van der Waals surface area contributed by atoms with Crippen molar-refractivity contribution in [3.8, 4) is 0 Å². The van der Waals surface area contributed by atoms with E-state index in [-0.39, 0.29) is 18.1 Å². The number of benzene rings is 1. The molecular formula is C13H16NO4-. The van der Waals surface area contributed by atoms with E-state index in [9.17, 15) is 14.7 Å². The maximum atomic E-state index is 11.4. The van der Waals surface area contributed by atoms with E-state index in [0.29, 0.717) is 24.3 Å². The Balaban J connectivity index is 2.79. The average molecular weight is 250 g/mol. The Labute approximate surface area is 106 Å². The number of rotatable bonds is 6. The predicted octanol–water partition coefficient (Wildman–Crippen LogP) is 0.587. The monoisotopic (exact) mass is 250 g/mol. The lowest BCUT2D eigenvalue weighted by Crippen LogP contribution is -2.24. The molecule has 1 rings (SSSR count). The highest BCUT2D eigenvalue weighted by atomic mass is 16.5. The molecule has 98 valence electrons. The van der Waals surface area contributed by atoms with Gasteiger partial charge in [0.2, 0.25) is 5.91 Å². The van der Waals surface area contributed by atoms with Gasteiger partial charge in [-0.3, -0.25) is 4.79 Å². The molecule has 0 spiro atoms. The number of amides is 1. The summed E-state index contributed by atoms with van der Waals surface area (Å²) in [7, 11) is 0. The van der Waals surface area contributed by atoms with E-state index < -0.39 is 5.97 Å². The molecule has 0 atom stereocenters. The van der Waals surface area contributed by atoms with Gasteiger partial charge in [-0.15, -0.1) is 0 Å². The van der Waals surface area contributed by atoms with Gasteiger partial charge in [0, 0.05) is 17.9 Å². The zero-order valence-electron chi connectivity index (χ0n) is 10.5. The zero-order chi connectivity index (χ0) is 13.5. The van der Waals surface area contributed by atoms with Crippen molar-refractivity contribution in [3.05, 3.63) is 29.3 Å². The Morgan fingerprint density at radius 1 is 1.33 bits per heavy atom. The van der Waals surface area contributed by atoms with Gasteiger partial charge in [-0.2, -0.15) is 0 Å². The van der Waals surface area contributed by atoms with Crippen LogP contribution in [0.4, 0.5) is 5.69 Å². The fourth-order valence-electron chi connectivity index (χ4n) is 1.55. The van der Waals surface area contributed by atoms with Crippen LogP contribution in [-0.2, 0) is 16.0 Å². The number of hydrogen-bond donors (Lipinski definition) is 1. The number of carboxylic acid groups (broad SMARTS) is 1. The molecule has 1 aromatic carbocycles. The summed E-state index contributed by atoms with van der Waals surface area (Å²) in [6.07, 6.45) is 0.554. The Hall–Kier alpha value is -1.88. The Morgan fingerprint density at radius 3 is 2.61 bits per heavy atom. The molecule has 0 bridgehead atoms. The number of ether oxygens (including phenoxy) is 1. The van der Waals surface area contributed by atoms with E-state index in [1.807, 2.05) is 6.92 Å². The van der Waals surface area contributed by atoms with Crippen molar-refractivity contribution in [2.45, 2.75) is 20.3 Å². The molecule has 0 unspecified atom stereocenters. The van der Waals surface area contributed by atoms with Gasteiger partial charge in [0.1, 0.15) is 6.61 Å².